The van der Waals surface area contributed by atoms with Gasteiger partial charge in [0.2, 0.25) is 11.8 Å². The molecule has 3 rings (SSSR count). The van der Waals surface area contributed by atoms with Crippen LogP contribution in [-0.4, -0.2) is 48.9 Å². The number of amides is 2. The first-order valence-electron chi connectivity index (χ1n) is 8.00. The minimum atomic E-state index is 0.181. The summed E-state index contributed by atoms with van der Waals surface area (Å²) in [5.41, 5.74) is 0. The van der Waals surface area contributed by atoms with Crippen molar-refractivity contribution in [2.45, 2.75) is 44.6 Å². The highest BCUT2D eigenvalue weighted by Crippen LogP contribution is 2.26. The second-order valence-electron chi connectivity index (χ2n) is 6.50. The summed E-state index contributed by atoms with van der Waals surface area (Å²) >= 11 is 0. The molecule has 20 heavy (non-hydrogen) atoms. The van der Waals surface area contributed by atoms with E-state index in [0.29, 0.717) is 36.6 Å². The first-order chi connectivity index (χ1) is 9.72. The zero-order chi connectivity index (χ0) is 13.9. The fourth-order valence-corrected chi connectivity index (χ4v) is 3.80. The van der Waals surface area contributed by atoms with Gasteiger partial charge in [0.1, 0.15) is 0 Å². The fourth-order valence-electron chi connectivity index (χ4n) is 3.80. The zero-order valence-electron chi connectivity index (χ0n) is 12.1. The highest BCUT2D eigenvalue weighted by Gasteiger charge is 2.35. The Balaban J connectivity index is 1.50. The van der Waals surface area contributed by atoms with E-state index in [2.05, 4.69) is 10.6 Å². The normalized spacial score (nSPS) is 31.6. The molecule has 2 N–H and O–H groups in total. The van der Waals surface area contributed by atoms with Crippen LogP contribution in [-0.2, 0) is 9.59 Å². The Bertz CT molecular complexity index is 379. The van der Waals surface area contributed by atoms with Crippen LogP contribution in [0.25, 0.3) is 0 Å². The van der Waals surface area contributed by atoms with E-state index < -0.39 is 0 Å². The van der Waals surface area contributed by atoms with E-state index in [-0.39, 0.29) is 5.91 Å². The summed E-state index contributed by atoms with van der Waals surface area (Å²) in [4.78, 5) is 25.9. The Labute approximate surface area is 120 Å². The molecule has 3 saturated heterocycles. The van der Waals surface area contributed by atoms with Gasteiger partial charge in [-0.05, 0) is 50.6 Å². The largest absolute Gasteiger partial charge is 0.353 e. The minimum Gasteiger partial charge on any atom is -0.353 e. The van der Waals surface area contributed by atoms with Gasteiger partial charge in [-0.15, -0.1) is 0 Å². The number of hydrogen-bond acceptors (Lipinski definition) is 3. The number of carbonyl (C=O) groups is 2. The highest BCUT2D eigenvalue weighted by atomic mass is 16.2. The summed E-state index contributed by atoms with van der Waals surface area (Å²) < 4.78 is 0. The van der Waals surface area contributed by atoms with E-state index in [1.807, 2.05) is 4.90 Å². The van der Waals surface area contributed by atoms with Crippen LogP contribution in [0.3, 0.4) is 0 Å². The van der Waals surface area contributed by atoms with E-state index >= 15 is 0 Å². The van der Waals surface area contributed by atoms with Crippen LogP contribution in [0.4, 0.5) is 0 Å². The second-order valence-corrected chi connectivity index (χ2v) is 6.50. The van der Waals surface area contributed by atoms with Gasteiger partial charge < -0.3 is 15.5 Å². The van der Waals surface area contributed by atoms with Crippen LogP contribution in [0, 0.1) is 11.8 Å². The number of nitrogens with zero attached hydrogens (tertiary/aromatic N) is 1. The van der Waals surface area contributed by atoms with Gasteiger partial charge in [0, 0.05) is 32.0 Å². The van der Waals surface area contributed by atoms with Crippen LogP contribution >= 0.6 is 0 Å². The molecule has 0 aromatic carbocycles. The average molecular weight is 279 g/mol. The van der Waals surface area contributed by atoms with E-state index in [9.17, 15) is 9.59 Å². The van der Waals surface area contributed by atoms with Gasteiger partial charge in [0.05, 0.1) is 0 Å². The number of rotatable bonds is 2. The number of fused-ring (bicyclic) bond motifs is 1. The lowest BCUT2D eigenvalue weighted by Gasteiger charge is -2.41. The highest BCUT2D eigenvalue weighted by molar-refractivity contribution is 5.78. The summed E-state index contributed by atoms with van der Waals surface area (Å²) in [5.74, 6) is 1.54. The molecule has 0 bridgehead atoms. The van der Waals surface area contributed by atoms with Crippen molar-refractivity contribution in [1.82, 2.24) is 15.5 Å². The first kappa shape index (κ1) is 13.9. The Morgan fingerprint density at radius 1 is 1.20 bits per heavy atom. The molecule has 3 aliphatic heterocycles. The van der Waals surface area contributed by atoms with Crippen molar-refractivity contribution in [2.24, 2.45) is 11.8 Å². The van der Waals surface area contributed by atoms with Gasteiger partial charge in [0.15, 0.2) is 0 Å². The standard InChI is InChI=1S/C15H25N3O2/c19-14-2-1-12-10-18(8-5-13(12)17-14)15(20)9-11-3-6-16-7-4-11/h11-13,16H,1-10H2,(H,17,19). The molecule has 3 aliphatic rings. The van der Waals surface area contributed by atoms with Crippen molar-refractivity contribution in [3.05, 3.63) is 0 Å². The second kappa shape index (κ2) is 6.12. The molecule has 2 atom stereocenters. The molecule has 5 heteroatoms. The molecule has 2 unspecified atom stereocenters. The van der Waals surface area contributed by atoms with Gasteiger partial charge in [0.25, 0.3) is 0 Å². The van der Waals surface area contributed by atoms with E-state index in [1.54, 1.807) is 0 Å². The monoisotopic (exact) mass is 279 g/mol. The maximum absolute atomic E-state index is 12.4. The van der Waals surface area contributed by atoms with Crippen LogP contribution in [0.2, 0.25) is 0 Å². The van der Waals surface area contributed by atoms with Crippen molar-refractivity contribution in [3.63, 3.8) is 0 Å². The van der Waals surface area contributed by atoms with Crippen molar-refractivity contribution in [1.29, 1.82) is 0 Å². The lowest BCUT2D eigenvalue weighted by Crippen LogP contribution is -2.55. The Hall–Kier alpha value is -1.10. The number of likely N-dealkylation sites (tertiary alicyclic amines) is 1. The number of nitrogens with one attached hydrogen (secondary N) is 2. The minimum absolute atomic E-state index is 0.181. The number of carbonyl (C=O) groups excluding carboxylic acids is 2. The van der Waals surface area contributed by atoms with Crippen LogP contribution < -0.4 is 10.6 Å². The summed E-state index contributed by atoms with van der Waals surface area (Å²) in [7, 11) is 0. The summed E-state index contributed by atoms with van der Waals surface area (Å²) in [6.07, 6.45) is 5.45. The lowest BCUT2D eigenvalue weighted by atomic mass is 9.84. The van der Waals surface area contributed by atoms with E-state index in [0.717, 1.165) is 51.9 Å². The molecule has 0 saturated carbocycles. The van der Waals surface area contributed by atoms with Gasteiger partial charge in [-0.25, -0.2) is 0 Å². The zero-order valence-corrected chi connectivity index (χ0v) is 12.1. The van der Waals surface area contributed by atoms with Crippen molar-refractivity contribution < 1.29 is 9.59 Å². The van der Waals surface area contributed by atoms with Crippen LogP contribution in [0.5, 0.6) is 0 Å². The third kappa shape index (κ3) is 3.14. The predicted octanol–water partition coefficient (Wildman–Crippen LogP) is 0.503. The third-order valence-electron chi connectivity index (χ3n) is 5.10. The first-order valence-corrected chi connectivity index (χ1v) is 8.00. The molecular formula is C15H25N3O2. The molecule has 0 radical (unpaired) electrons. The van der Waals surface area contributed by atoms with Gasteiger partial charge in [-0.1, -0.05) is 0 Å². The van der Waals surface area contributed by atoms with Crippen molar-refractivity contribution in [3.8, 4) is 0 Å². The molecule has 3 fully saturated rings. The topological polar surface area (TPSA) is 61.4 Å². The quantitative estimate of drug-likeness (QED) is 0.774. The Morgan fingerprint density at radius 3 is 2.80 bits per heavy atom. The molecule has 0 spiro atoms. The maximum atomic E-state index is 12.4. The maximum Gasteiger partial charge on any atom is 0.222 e. The average Bonchev–Trinajstić information content (AvgIpc) is 2.47. The van der Waals surface area contributed by atoms with Crippen molar-refractivity contribution in [2.75, 3.05) is 26.2 Å². The molecule has 5 nitrogen and oxygen atoms in total. The Kier molecular flexibility index (Phi) is 4.24. The number of piperidine rings is 3. The molecule has 0 aliphatic carbocycles. The van der Waals surface area contributed by atoms with Crippen molar-refractivity contribution >= 4 is 11.8 Å². The van der Waals surface area contributed by atoms with E-state index in [4.69, 9.17) is 0 Å². The van der Waals surface area contributed by atoms with Crippen LogP contribution in [0.15, 0.2) is 0 Å². The molecule has 0 aromatic rings. The van der Waals surface area contributed by atoms with E-state index in [1.165, 1.54) is 0 Å². The van der Waals surface area contributed by atoms with Crippen LogP contribution in [0.1, 0.15) is 38.5 Å². The van der Waals surface area contributed by atoms with Gasteiger partial charge >= 0.3 is 0 Å². The van der Waals surface area contributed by atoms with Gasteiger partial charge in [-0.2, -0.15) is 0 Å². The molecule has 3 heterocycles. The molecule has 0 aromatic heterocycles. The number of hydrogen-bond donors (Lipinski definition) is 2. The summed E-state index contributed by atoms with van der Waals surface area (Å²) in [6.45, 7) is 3.75. The molecule has 112 valence electrons. The molecular weight excluding hydrogens is 254 g/mol. The Morgan fingerprint density at radius 2 is 2.00 bits per heavy atom. The summed E-state index contributed by atoms with van der Waals surface area (Å²) in [6, 6.07) is 0.305. The fraction of sp³-hybridized carbons (Fsp3) is 0.867. The van der Waals surface area contributed by atoms with Gasteiger partial charge in [-0.3, -0.25) is 9.59 Å². The predicted molar refractivity (Wildman–Crippen MR) is 76.1 cm³/mol. The smallest absolute Gasteiger partial charge is 0.222 e. The SMILES string of the molecule is O=C1CCC2CN(C(=O)CC3CCNCC3)CCC2N1. The summed E-state index contributed by atoms with van der Waals surface area (Å²) in [5, 5.41) is 6.42. The lowest BCUT2D eigenvalue weighted by molar-refractivity contribution is -0.135. The third-order valence-corrected chi connectivity index (χ3v) is 5.10. The molecule has 2 amide bonds.